The van der Waals surface area contributed by atoms with Gasteiger partial charge in [-0.1, -0.05) is 17.7 Å². The smallest absolute Gasteiger partial charge is 0.264 e. The van der Waals surface area contributed by atoms with Crippen LogP contribution in [0.15, 0.2) is 78.0 Å². The monoisotopic (exact) mass is 445 g/mol. The Balaban J connectivity index is 1.86. The first-order valence-corrected chi connectivity index (χ1v) is 10.8. The second-order valence-corrected chi connectivity index (χ2v) is 8.60. The van der Waals surface area contributed by atoms with Crippen molar-refractivity contribution in [2.24, 2.45) is 0 Å². The van der Waals surface area contributed by atoms with Crippen molar-refractivity contribution in [2.75, 3.05) is 18.0 Å². The molecule has 0 bridgehead atoms. The number of ether oxygens (including phenoxy) is 1. The van der Waals surface area contributed by atoms with Gasteiger partial charge in [-0.25, -0.2) is 8.42 Å². The molecule has 0 saturated carbocycles. The van der Waals surface area contributed by atoms with Crippen LogP contribution in [0.1, 0.15) is 5.56 Å². The molecule has 7 nitrogen and oxygen atoms in total. The molecule has 0 spiro atoms. The number of nitrogens with zero attached hydrogens (tertiary/aromatic N) is 2. The van der Waals surface area contributed by atoms with Gasteiger partial charge in [0.05, 0.1) is 17.7 Å². The number of aromatic nitrogens is 1. The Morgan fingerprint density at radius 1 is 1.10 bits per heavy atom. The van der Waals surface area contributed by atoms with Crippen LogP contribution in [0.4, 0.5) is 5.69 Å². The molecule has 156 valence electrons. The fraction of sp³-hybridized carbons (Fsp3) is 0.143. The first-order chi connectivity index (χ1) is 14.4. The van der Waals surface area contributed by atoms with Crippen molar-refractivity contribution < 1.29 is 17.9 Å². The van der Waals surface area contributed by atoms with Crippen LogP contribution in [-0.2, 0) is 21.4 Å². The largest absolute Gasteiger partial charge is 0.497 e. The summed E-state index contributed by atoms with van der Waals surface area (Å²) in [4.78, 5) is 16.6. The van der Waals surface area contributed by atoms with Gasteiger partial charge in [-0.15, -0.1) is 0 Å². The summed E-state index contributed by atoms with van der Waals surface area (Å²) < 4.78 is 32.7. The van der Waals surface area contributed by atoms with Gasteiger partial charge < -0.3 is 10.1 Å². The zero-order valence-electron chi connectivity index (χ0n) is 16.2. The lowest BCUT2D eigenvalue weighted by Gasteiger charge is -2.24. The Bertz CT molecular complexity index is 1090. The number of halogens is 1. The van der Waals surface area contributed by atoms with E-state index in [1.807, 2.05) is 6.07 Å². The molecule has 3 aromatic rings. The highest BCUT2D eigenvalue weighted by Gasteiger charge is 2.27. The summed E-state index contributed by atoms with van der Waals surface area (Å²) >= 11 is 5.94. The predicted molar refractivity (Wildman–Crippen MR) is 115 cm³/mol. The fourth-order valence-electron chi connectivity index (χ4n) is 2.69. The lowest BCUT2D eigenvalue weighted by atomic mass is 10.3. The number of amides is 1. The summed E-state index contributed by atoms with van der Waals surface area (Å²) in [5.41, 5.74) is 1.13. The van der Waals surface area contributed by atoms with Crippen LogP contribution in [-0.4, -0.2) is 33.0 Å². The summed E-state index contributed by atoms with van der Waals surface area (Å²) in [5, 5.41) is 3.18. The maximum absolute atomic E-state index is 13.3. The molecular weight excluding hydrogens is 426 g/mol. The topological polar surface area (TPSA) is 88.6 Å². The van der Waals surface area contributed by atoms with Gasteiger partial charge in [-0.3, -0.25) is 14.1 Å². The SMILES string of the molecule is COc1ccc(S(=O)(=O)N(CC(=O)NCc2cccnc2)c2ccc(Cl)cc2)cc1. The third-order valence-corrected chi connectivity index (χ3v) is 6.30. The van der Waals surface area contributed by atoms with Gasteiger partial charge in [-0.05, 0) is 60.2 Å². The minimum atomic E-state index is -4.01. The van der Waals surface area contributed by atoms with Gasteiger partial charge in [-0.2, -0.15) is 0 Å². The number of anilines is 1. The van der Waals surface area contributed by atoms with Crippen LogP contribution in [0.2, 0.25) is 5.02 Å². The predicted octanol–water partition coefficient (Wildman–Crippen LogP) is 3.26. The quantitative estimate of drug-likeness (QED) is 0.575. The fourth-order valence-corrected chi connectivity index (χ4v) is 4.23. The number of sulfonamides is 1. The maximum Gasteiger partial charge on any atom is 0.264 e. The Hall–Kier alpha value is -3.10. The highest BCUT2D eigenvalue weighted by molar-refractivity contribution is 7.92. The van der Waals surface area contributed by atoms with Gasteiger partial charge in [0.15, 0.2) is 0 Å². The van der Waals surface area contributed by atoms with Crippen molar-refractivity contribution in [2.45, 2.75) is 11.4 Å². The van der Waals surface area contributed by atoms with Crippen LogP contribution >= 0.6 is 11.6 Å². The molecule has 0 atom stereocenters. The second-order valence-electron chi connectivity index (χ2n) is 6.30. The van der Waals surface area contributed by atoms with Gasteiger partial charge in [0.2, 0.25) is 5.91 Å². The average molecular weight is 446 g/mol. The number of nitrogens with one attached hydrogen (secondary N) is 1. The standard InChI is InChI=1S/C21H20ClN3O4S/c1-29-19-8-10-20(11-9-19)30(27,28)25(18-6-4-17(22)5-7-18)15-21(26)24-14-16-3-2-12-23-13-16/h2-13H,14-15H2,1H3,(H,24,26). The zero-order chi connectivity index (χ0) is 21.6. The second kappa shape index (κ2) is 9.60. The van der Waals surface area contributed by atoms with Crippen LogP contribution in [0.5, 0.6) is 5.75 Å². The Morgan fingerprint density at radius 2 is 1.80 bits per heavy atom. The van der Waals surface area contributed by atoms with Crippen molar-refractivity contribution in [1.82, 2.24) is 10.3 Å². The van der Waals surface area contributed by atoms with Gasteiger partial charge in [0.1, 0.15) is 12.3 Å². The molecule has 1 heterocycles. The minimum absolute atomic E-state index is 0.0401. The molecule has 9 heteroatoms. The van der Waals surface area contributed by atoms with Gasteiger partial charge >= 0.3 is 0 Å². The van der Waals surface area contributed by atoms with E-state index in [2.05, 4.69) is 10.3 Å². The lowest BCUT2D eigenvalue weighted by Crippen LogP contribution is -2.40. The highest BCUT2D eigenvalue weighted by Crippen LogP contribution is 2.26. The molecule has 0 radical (unpaired) electrons. The summed E-state index contributed by atoms with van der Waals surface area (Å²) in [7, 11) is -2.51. The molecule has 1 amide bonds. The molecule has 0 aliphatic rings. The number of hydrogen-bond acceptors (Lipinski definition) is 5. The van der Waals surface area contributed by atoms with Crippen molar-refractivity contribution in [3.05, 3.63) is 83.6 Å². The van der Waals surface area contributed by atoms with Gasteiger partial charge in [0, 0.05) is 24.0 Å². The summed E-state index contributed by atoms with van der Waals surface area (Å²) in [6.07, 6.45) is 3.26. The molecule has 3 rings (SSSR count). The molecule has 30 heavy (non-hydrogen) atoms. The Labute approximate surface area is 180 Å². The Morgan fingerprint density at radius 3 is 2.40 bits per heavy atom. The molecule has 0 saturated heterocycles. The first-order valence-electron chi connectivity index (χ1n) is 8.98. The number of rotatable bonds is 8. The number of pyridine rings is 1. The van der Waals surface area contributed by atoms with Crippen LogP contribution in [0.3, 0.4) is 0 Å². The Kier molecular flexibility index (Phi) is 6.91. The maximum atomic E-state index is 13.3. The van der Waals surface area contributed by atoms with Crippen molar-refractivity contribution >= 4 is 33.2 Å². The van der Waals surface area contributed by atoms with E-state index in [0.717, 1.165) is 9.87 Å². The summed E-state index contributed by atoms with van der Waals surface area (Å²) in [6, 6.07) is 15.8. The van der Waals surface area contributed by atoms with E-state index in [1.54, 1.807) is 54.9 Å². The molecule has 1 aromatic heterocycles. The number of benzene rings is 2. The van der Waals surface area contributed by atoms with E-state index in [1.165, 1.54) is 19.2 Å². The van der Waals surface area contributed by atoms with Crippen LogP contribution in [0, 0.1) is 0 Å². The van der Waals surface area contributed by atoms with Crippen molar-refractivity contribution in [3.63, 3.8) is 0 Å². The molecule has 1 N–H and O–H groups in total. The van der Waals surface area contributed by atoms with Crippen LogP contribution in [0.25, 0.3) is 0 Å². The van der Waals surface area contributed by atoms with Crippen LogP contribution < -0.4 is 14.4 Å². The van der Waals surface area contributed by atoms with E-state index >= 15 is 0 Å². The van der Waals surface area contributed by atoms with E-state index in [-0.39, 0.29) is 11.4 Å². The van der Waals surface area contributed by atoms with E-state index in [4.69, 9.17) is 16.3 Å². The molecule has 0 unspecified atom stereocenters. The lowest BCUT2D eigenvalue weighted by molar-refractivity contribution is -0.119. The number of carbonyl (C=O) groups is 1. The summed E-state index contributed by atoms with van der Waals surface area (Å²) in [5.74, 6) is 0.0760. The van der Waals surface area contributed by atoms with E-state index < -0.39 is 22.5 Å². The van der Waals surface area contributed by atoms with E-state index in [0.29, 0.717) is 16.5 Å². The molecular formula is C21H20ClN3O4S. The third-order valence-electron chi connectivity index (χ3n) is 4.26. The number of hydrogen-bond donors (Lipinski definition) is 1. The molecule has 0 aliphatic carbocycles. The third kappa shape index (κ3) is 5.28. The van der Waals surface area contributed by atoms with Gasteiger partial charge in [0.25, 0.3) is 10.0 Å². The minimum Gasteiger partial charge on any atom is -0.497 e. The highest BCUT2D eigenvalue weighted by atomic mass is 35.5. The summed E-state index contributed by atoms with van der Waals surface area (Å²) in [6.45, 7) is -0.153. The molecule has 0 aliphatic heterocycles. The van der Waals surface area contributed by atoms with Crippen molar-refractivity contribution in [1.29, 1.82) is 0 Å². The molecule has 0 fully saturated rings. The number of methoxy groups -OCH3 is 1. The zero-order valence-corrected chi connectivity index (χ0v) is 17.7. The first kappa shape index (κ1) is 21.6. The molecule has 2 aromatic carbocycles. The van der Waals surface area contributed by atoms with Crippen molar-refractivity contribution in [3.8, 4) is 5.75 Å². The number of carbonyl (C=O) groups excluding carboxylic acids is 1. The van der Waals surface area contributed by atoms with E-state index in [9.17, 15) is 13.2 Å². The normalized spacial score (nSPS) is 11.0. The average Bonchev–Trinajstić information content (AvgIpc) is 2.77.